The van der Waals surface area contributed by atoms with Crippen LogP contribution in [0.25, 0.3) is 0 Å². The fourth-order valence-electron chi connectivity index (χ4n) is 1.97. The molecule has 0 fully saturated rings. The Labute approximate surface area is 150 Å². The van der Waals surface area contributed by atoms with Gasteiger partial charge in [0.2, 0.25) is 0 Å². The number of thioether (sulfide) groups is 1. The summed E-state index contributed by atoms with van der Waals surface area (Å²) < 4.78 is 4.58. The van der Waals surface area contributed by atoms with Crippen molar-refractivity contribution in [2.24, 2.45) is 0 Å². The molecule has 0 heterocycles. The molecule has 2 aromatic rings. The van der Waals surface area contributed by atoms with E-state index in [4.69, 9.17) is 11.6 Å². The van der Waals surface area contributed by atoms with E-state index in [-0.39, 0.29) is 5.91 Å². The second-order valence-corrected chi connectivity index (χ2v) is 6.64. The zero-order chi connectivity index (χ0) is 17.5. The molecule has 0 aliphatic heterocycles. The Morgan fingerprint density at radius 1 is 1.12 bits per heavy atom. The Balaban J connectivity index is 1.91. The van der Waals surface area contributed by atoms with Gasteiger partial charge in [-0.15, -0.1) is 11.8 Å². The van der Waals surface area contributed by atoms with Gasteiger partial charge in [-0.25, -0.2) is 4.79 Å². The van der Waals surface area contributed by atoms with Crippen LogP contribution in [0.1, 0.15) is 22.8 Å². The normalized spacial score (nSPS) is 11.6. The van der Waals surface area contributed by atoms with Gasteiger partial charge in [0.25, 0.3) is 5.91 Å². The van der Waals surface area contributed by atoms with E-state index in [9.17, 15) is 9.59 Å². The van der Waals surface area contributed by atoms with Crippen molar-refractivity contribution >= 4 is 35.2 Å². The topological polar surface area (TPSA) is 55.4 Å². The summed E-state index contributed by atoms with van der Waals surface area (Å²) in [6.07, 6.45) is 0. The van der Waals surface area contributed by atoms with E-state index in [1.54, 1.807) is 30.8 Å². The number of esters is 1. The lowest BCUT2D eigenvalue weighted by molar-refractivity contribution is -0.142. The van der Waals surface area contributed by atoms with Crippen LogP contribution in [0.15, 0.2) is 53.4 Å². The van der Waals surface area contributed by atoms with Crippen molar-refractivity contribution in [3.05, 3.63) is 64.7 Å². The summed E-state index contributed by atoms with van der Waals surface area (Å²) in [5.41, 5.74) is 1.61. The Morgan fingerprint density at radius 3 is 2.33 bits per heavy atom. The predicted octanol–water partition coefficient (Wildman–Crippen LogP) is 3.92. The fraction of sp³-hybridized carbons (Fsp3) is 0.222. The van der Waals surface area contributed by atoms with Gasteiger partial charge in [-0.1, -0.05) is 23.7 Å². The van der Waals surface area contributed by atoms with Crippen molar-refractivity contribution in [1.29, 1.82) is 0 Å². The lowest BCUT2D eigenvalue weighted by Crippen LogP contribution is -2.39. The Hall–Kier alpha value is -1.98. The van der Waals surface area contributed by atoms with Gasteiger partial charge < -0.3 is 10.1 Å². The third-order valence-electron chi connectivity index (χ3n) is 3.34. The minimum Gasteiger partial charge on any atom is -0.467 e. The summed E-state index contributed by atoms with van der Waals surface area (Å²) in [6, 6.07) is 14.3. The first-order chi connectivity index (χ1) is 11.5. The molecule has 2 aromatic carbocycles. The monoisotopic (exact) mass is 363 g/mol. The van der Waals surface area contributed by atoms with Gasteiger partial charge in [0.15, 0.2) is 0 Å². The van der Waals surface area contributed by atoms with Crippen molar-refractivity contribution in [3.8, 4) is 0 Å². The summed E-state index contributed by atoms with van der Waals surface area (Å²) in [5.74, 6) is 0.0198. The molecule has 0 spiro atoms. The van der Waals surface area contributed by atoms with Crippen LogP contribution in [0.5, 0.6) is 0 Å². The Kier molecular flexibility index (Phi) is 6.70. The number of carbonyl (C=O) groups excluding carboxylic acids is 2. The van der Waals surface area contributed by atoms with E-state index in [2.05, 4.69) is 10.1 Å². The SMILES string of the molecule is COC(=O)[C@H](C)NC(=O)c1ccc(CSc2ccc(Cl)cc2)cc1. The molecule has 1 atom stereocenters. The molecule has 0 unspecified atom stereocenters. The largest absolute Gasteiger partial charge is 0.467 e. The lowest BCUT2D eigenvalue weighted by atomic mass is 10.1. The van der Waals surface area contributed by atoms with Crippen molar-refractivity contribution in [3.63, 3.8) is 0 Å². The molecular weight excluding hydrogens is 346 g/mol. The standard InChI is InChI=1S/C18H18ClNO3S/c1-12(18(22)23-2)20-17(21)14-5-3-13(4-6-14)11-24-16-9-7-15(19)8-10-16/h3-10,12H,11H2,1-2H3,(H,20,21)/t12-/m0/s1. The molecule has 0 saturated heterocycles. The summed E-state index contributed by atoms with van der Waals surface area (Å²) in [6.45, 7) is 1.58. The molecule has 1 N–H and O–H groups in total. The zero-order valence-corrected chi connectivity index (χ0v) is 15.0. The Bertz CT molecular complexity index is 701. The zero-order valence-electron chi connectivity index (χ0n) is 13.4. The van der Waals surface area contributed by atoms with Gasteiger partial charge in [0.1, 0.15) is 6.04 Å². The number of hydrogen-bond donors (Lipinski definition) is 1. The molecule has 0 saturated carbocycles. The lowest BCUT2D eigenvalue weighted by Gasteiger charge is -2.11. The predicted molar refractivity (Wildman–Crippen MR) is 96.4 cm³/mol. The highest BCUT2D eigenvalue weighted by Crippen LogP contribution is 2.24. The van der Waals surface area contributed by atoms with Crippen LogP contribution in [0.2, 0.25) is 5.02 Å². The van der Waals surface area contributed by atoms with Crippen LogP contribution < -0.4 is 5.32 Å². The van der Waals surface area contributed by atoms with E-state index >= 15 is 0 Å². The number of amides is 1. The average Bonchev–Trinajstić information content (AvgIpc) is 2.60. The minimum absolute atomic E-state index is 0.301. The molecule has 2 rings (SSSR count). The maximum Gasteiger partial charge on any atom is 0.328 e. The van der Waals surface area contributed by atoms with Crippen molar-refractivity contribution in [2.75, 3.05) is 7.11 Å². The minimum atomic E-state index is -0.678. The fourth-order valence-corrected chi connectivity index (χ4v) is 2.95. The number of methoxy groups -OCH3 is 1. The third kappa shape index (κ3) is 5.28. The number of ether oxygens (including phenoxy) is 1. The van der Waals surface area contributed by atoms with E-state index in [1.165, 1.54) is 7.11 Å². The first-order valence-electron chi connectivity index (χ1n) is 7.35. The van der Waals surface area contributed by atoms with Gasteiger partial charge in [-0.3, -0.25) is 4.79 Å². The molecule has 0 aliphatic carbocycles. The van der Waals surface area contributed by atoms with Gasteiger partial charge in [-0.05, 0) is 48.9 Å². The first-order valence-corrected chi connectivity index (χ1v) is 8.72. The van der Waals surface area contributed by atoms with Gasteiger partial charge in [0, 0.05) is 21.2 Å². The summed E-state index contributed by atoms with van der Waals surface area (Å²) in [7, 11) is 1.29. The maximum absolute atomic E-state index is 12.1. The van der Waals surface area contributed by atoms with Crippen molar-refractivity contribution in [1.82, 2.24) is 5.32 Å². The molecule has 24 heavy (non-hydrogen) atoms. The quantitative estimate of drug-likeness (QED) is 0.624. The maximum atomic E-state index is 12.1. The van der Waals surface area contributed by atoms with Crippen LogP contribution in [0, 0.1) is 0 Å². The average molecular weight is 364 g/mol. The highest BCUT2D eigenvalue weighted by atomic mass is 35.5. The van der Waals surface area contributed by atoms with Crippen molar-refractivity contribution < 1.29 is 14.3 Å². The number of carbonyl (C=O) groups is 2. The van der Waals surface area contributed by atoms with Crippen LogP contribution >= 0.6 is 23.4 Å². The summed E-state index contributed by atoms with van der Waals surface area (Å²) in [5, 5.41) is 3.32. The molecular formula is C18H18ClNO3S. The highest BCUT2D eigenvalue weighted by molar-refractivity contribution is 7.98. The van der Waals surface area contributed by atoms with Crippen LogP contribution in [0.4, 0.5) is 0 Å². The molecule has 0 aliphatic rings. The van der Waals surface area contributed by atoms with Gasteiger partial charge >= 0.3 is 5.97 Å². The number of benzene rings is 2. The van der Waals surface area contributed by atoms with Crippen molar-refractivity contribution in [2.45, 2.75) is 23.6 Å². The molecule has 0 aromatic heterocycles. The van der Waals surface area contributed by atoms with E-state index in [0.717, 1.165) is 21.2 Å². The molecule has 4 nitrogen and oxygen atoms in total. The molecule has 0 radical (unpaired) electrons. The van der Waals surface area contributed by atoms with E-state index in [0.29, 0.717) is 5.56 Å². The van der Waals surface area contributed by atoms with E-state index < -0.39 is 12.0 Å². The third-order valence-corrected chi connectivity index (χ3v) is 4.67. The highest BCUT2D eigenvalue weighted by Gasteiger charge is 2.16. The number of rotatable bonds is 6. The number of halogens is 1. The molecule has 126 valence electrons. The van der Waals surface area contributed by atoms with Crippen LogP contribution in [-0.2, 0) is 15.3 Å². The van der Waals surface area contributed by atoms with Crippen LogP contribution in [-0.4, -0.2) is 25.0 Å². The molecule has 6 heteroatoms. The van der Waals surface area contributed by atoms with Gasteiger partial charge in [0.05, 0.1) is 7.11 Å². The molecule has 0 bridgehead atoms. The smallest absolute Gasteiger partial charge is 0.328 e. The number of nitrogens with one attached hydrogen (secondary N) is 1. The second-order valence-electron chi connectivity index (χ2n) is 5.16. The Morgan fingerprint density at radius 2 is 1.75 bits per heavy atom. The molecule has 1 amide bonds. The first kappa shape index (κ1) is 18.4. The van der Waals surface area contributed by atoms with Gasteiger partial charge in [-0.2, -0.15) is 0 Å². The van der Waals surface area contributed by atoms with E-state index in [1.807, 2.05) is 36.4 Å². The summed E-state index contributed by atoms with van der Waals surface area (Å²) >= 11 is 7.56. The number of hydrogen-bond acceptors (Lipinski definition) is 4. The summed E-state index contributed by atoms with van der Waals surface area (Å²) in [4.78, 5) is 24.5. The second kappa shape index (κ2) is 8.76. The van der Waals surface area contributed by atoms with Crippen LogP contribution in [0.3, 0.4) is 0 Å².